The van der Waals surface area contributed by atoms with Crippen LogP contribution in [0.2, 0.25) is 0 Å². The Morgan fingerprint density at radius 1 is 0.417 bits per heavy atom. The van der Waals surface area contributed by atoms with E-state index in [1.807, 2.05) is 6.07 Å². The van der Waals surface area contributed by atoms with Crippen LogP contribution in [0.4, 0.5) is 11.4 Å². The largest absolute Gasteiger partial charge is 0.455 e. The van der Waals surface area contributed by atoms with Crippen LogP contribution < -0.4 is 4.90 Å². The molecule has 2 aromatic heterocycles. The van der Waals surface area contributed by atoms with E-state index in [4.69, 9.17) is 8.83 Å². The van der Waals surface area contributed by atoms with Gasteiger partial charge < -0.3 is 13.7 Å². The van der Waals surface area contributed by atoms with Gasteiger partial charge in [0.25, 0.3) is 0 Å². The molecular weight excluding hydrogens is 731 g/mol. The maximum absolute atomic E-state index is 6.68. The number of nitrogens with zero attached hydrogens (tertiary/aromatic N) is 1. The lowest BCUT2D eigenvalue weighted by molar-refractivity contribution is 0.660. The van der Waals surface area contributed by atoms with Crippen LogP contribution >= 0.6 is 0 Å². The van der Waals surface area contributed by atoms with Crippen LogP contribution in [0.1, 0.15) is 69.1 Å². The molecule has 12 rings (SSSR count). The second-order valence-electron chi connectivity index (χ2n) is 17.4. The molecule has 0 unspecified atom stereocenters. The zero-order valence-electron chi connectivity index (χ0n) is 34.1. The number of fused-ring (bicyclic) bond motifs is 9. The summed E-state index contributed by atoms with van der Waals surface area (Å²) in [7, 11) is 0. The highest BCUT2D eigenvalue weighted by Crippen LogP contribution is 2.51. The fourth-order valence-electron chi connectivity index (χ4n) is 10.6. The molecule has 3 heteroatoms. The van der Waals surface area contributed by atoms with Crippen molar-refractivity contribution in [2.24, 2.45) is 0 Å². The van der Waals surface area contributed by atoms with E-state index in [1.54, 1.807) is 0 Å². The van der Waals surface area contributed by atoms with Gasteiger partial charge >= 0.3 is 0 Å². The van der Waals surface area contributed by atoms with Gasteiger partial charge in [0, 0.05) is 43.9 Å². The van der Waals surface area contributed by atoms with Gasteiger partial charge in [0.05, 0.1) is 5.69 Å². The van der Waals surface area contributed by atoms with Gasteiger partial charge in [0.2, 0.25) is 0 Å². The van der Waals surface area contributed by atoms with Crippen LogP contribution in [-0.2, 0) is 5.41 Å². The second kappa shape index (κ2) is 13.6. The van der Waals surface area contributed by atoms with Gasteiger partial charge in [-0.05, 0) is 125 Å². The molecule has 0 saturated heterocycles. The smallest absolute Gasteiger partial charge is 0.159 e. The van der Waals surface area contributed by atoms with Crippen LogP contribution in [0.25, 0.3) is 60.6 Å². The fourth-order valence-corrected chi connectivity index (χ4v) is 10.6. The Morgan fingerprint density at radius 2 is 0.933 bits per heavy atom. The first-order chi connectivity index (χ1) is 29.5. The number of furan rings is 2. The zero-order chi connectivity index (χ0) is 40.0. The van der Waals surface area contributed by atoms with Gasteiger partial charge in [-0.2, -0.15) is 0 Å². The normalized spacial score (nSPS) is 17.2. The van der Waals surface area contributed by atoms with Gasteiger partial charge in [0.1, 0.15) is 16.7 Å². The molecule has 0 fully saturated rings. The van der Waals surface area contributed by atoms with Gasteiger partial charge in [-0.3, -0.25) is 0 Å². The Labute approximate surface area is 350 Å². The Morgan fingerprint density at radius 3 is 1.60 bits per heavy atom. The highest BCUT2D eigenvalue weighted by Gasteiger charge is 2.36. The maximum Gasteiger partial charge on any atom is 0.159 e. The van der Waals surface area contributed by atoms with E-state index in [-0.39, 0.29) is 5.41 Å². The topological polar surface area (TPSA) is 29.5 Å². The van der Waals surface area contributed by atoms with E-state index < -0.39 is 0 Å². The average Bonchev–Trinajstić information content (AvgIpc) is 3.95. The van der Waals surface area contributed by atoms with E-state index in [9.17, 15) is 0 Å². The summed E-state index contributed by atoms with van der Waals surface area (Å²) in [6.07, 6.45) is 20.4. The predicted octanol–water partition coefficient (Wildman–Crippen LogP) is 16.0. The van der Waals surface area contributed by atoms with Crippen molar-refractivity contribution in [1.29, 1.82) is 0 Å². The summed E-state index contributed by atoms with van der Waals surface area (Å²) in [5, 5.41) is 4.68. The van der Waals surface area contributed by atoms with Gasteiger partial charge in [-0.15, -0.1) is 0 Å². The summed E-state index contributed by atoms with van der Waals surface area (Å²) in [5.74, 6) is 0. The van der Waals surface area contributed by atoms with Crippen LogP contribution in [-0.4, -0.2) is 0 Å². The minimum atomic E-state index is -0.0941. The molecule has 4 aliphatic carbocycles. The van der Waals surface area contributed by atoms with Crippen molar-refractivity contribution in [2.75, 3.05) is 4.90 Å². The van der Waals surface area contributed by atoms with E-state index in [2.05, 4.69) is 177 Å². The Kier molecular flexibility index (Phi) is 7.97. The number of para-hydroxylation sites is 4. The summed E-state index contributed by atoms with van der Waals surface area (Å²) in [6.45, 7) is 4.73. The third-order valence-corrected chi connectivity index (χ3v) is 13.7. The van der Waals surface area contributed by atoms with Crippen molar-refractivity contribution in [3.8, 4) is 11.1 Å². The van der Waals surface area contributed by atoms with Crippen molar-refractivity contribution >= 4 is 60.8 Å². The Bertz CT molecular complexity index is 3290. The monoisotopic (exact) mass is 775 g/mol. The molecule has 8 aromatic rings. The van der Waals surface area contributed by atoms with Crippen molar-refractivity contribution in [3.05, 3.63) is 209 Å². The van der Waals surface area contributed by atoms with Crippen molar-refractivity contribution in [3.63, 3.8) is 0 Å². The molecule has 0 N–H and O–H groups in total. The molecule has 2 heterocycles. The molecule has 290 valence electrons. The first kappa shape index (κ1) is 35.1. The van der Waals surface area contributed by atoms with Crippen molar-refractivity contribution in [2.45, 2.75) is 57.8 Å². The number of allylic oxidation sites excluding steroid dienone is 12. The van der Waals surface area contributed by atoms with Crippen LogP contribution in [0, 0.1) is 0 Å². The Hall–Kier alpha value is -6.84. The van der Waals surface area contributed by atoms with Gasteiger partial charge in [0.15, 0.2) is 5.58 Å². The number of hydrogen-bond donors (Lipinski definition) is 0. The molecule has 60 heavy (non-hydrogen) atoms. The quantitative estimate of drug-likeness (QED) is 0.168. The number of hydrogen-bond acceptors (Lipinski definition) is 3. The summed E-state index contributed by atoms with van der Waals surface area (Å²) in [6, 6.07) is 45.9. The third kappa shape index (κ3) is 5.49. The van der Waals surface area contributed by atoms with Crippen LogP contribution in [0.5, 0.6) is 0 Å². The summed E-state index contributed by atoms with van der Waals surface area (Å²) < 4.78 is 13.1. The lowest BCUT2D eigenvalue weighted by atomic mass is 9.82. The Balaban J connectivity index is 0.872. The summed E-state index contributed by atoms with van der Waals surface area (Å²) in [5.41, 5.74) is 21.1. The first-order valence-electron chi connectivity index (χ1n) is 21.5. The number of benzene rings is 6. The van der Waals surface area contributed by atoms with E-state index in [0.29, 0.717) is 0 Å². The molecular formula is C57H45NO2. The molecule has 4 aliphatic rings. The molecule has 0 atom stereocenters. The van der Waals surface area contributed by atoms with E-state index in [0.717, 1.165) is 77.3 Å². The second-order valence-corrected chi connectivity index (χ2v) is 17.4. The molecule has 0 amide bonds. The van der Waals surface area contributed by atoms with Gasteiger partial charge in [-0.1, -0.05) is 141 Å². The number of rotatable bonds is 6. The highest BCUT2D eigenvalue weighted by molar-refractivity contribution is 6.10. The van der Waals surface area contributed by atoms with E-state index in [1.165, 1.54) is 77.8 Å². The molecule has 0 aliphatic heterocycles. The lowest BCUT2D eigenvalue weighted by Crippen LogP contribution is -2.20. The molecule has 3 nitrogen and oxygen atoms in total. The molecule has 0 bridgehead atoms. The highest BCUT2D eigenvalue weighted by atomic mass is 16.3. The molecule has 0 saturated carbocycles. The average molecular weight is 776 g/mol. The molecule has 6 aromatic carbocycles. The van der Waals surface area contributed by atoms with Crippen LogP contribution in [0.15, 0.2) is 201 Å². The summed E-state index contributed by atoms with van der Waals surface area (Å²) in [4.78, 5) is 2.47. The standard InChI is InChI=1S/C57H45NO2/c1-57(2)50-17-6-3-11-44(50)45-34-33-42(35-51(45)57)58(52-18-10-16-49-47-13-5-8-20-54(47)60-56(49)52)41-31-29-39(30-32-41)37-23-21-36(22-24-37)38-25-27-40(28-26-38)43-14-9-15-48-46-12-4-7-19-53(46)59-55(43)48/h3-21,23,25,27,29,31,33-35H,22,24,26,28,30,32H2,1-2H3. The van der Waals surface area contributed by atoms with Crippen molar-refractivity contribution < 1.29 is 8.83 Å². The third-order valence-electron chi connectivity index (χ3n) is 13.7. The van der Waals surface area contributed by atoms with Gasteiger partial charge in [-0.25, -0.2) is 0 Å². The number of anilines is 2. The minimum absolute atomic E-state index is 0.0941. The maximum atomic E-state index is 6.68. The minimum Gasteiger partial charge on any atom is -0.455 e. The lowest BCUT2D eigenvalue weighted by Gasteiger charge is -2.32. The zero-order valence-corrected chi connectivity index (χ0v) is 34.1. The predicted molar refractivity (Wildman–Crippen MR) is 250 cm³/mol. The SMILES string of the molecule is CC1(C)c2ccccc2-c2ccc(N(C3=CC=C(C4=CC=C(C5=CC=C(c6cccc7c6oc6ccccc67)CC5)CC4)CC3)c3cccc4c3oc3ccccc34)cc21. The molecule has 0 radical (unpaired) electrons. The van der Waals surface area contributed by atoms with Crippen molar-refractivity contribution in [1.82, 2.24) is 0 Å². The van der Waals surface area contributed by atoms with E-state index >= 15 is 0 Å². The fraction of sp³-hybridized carbons (Fsp3) is 0.158. The summed E-state index contributed by atoms with van der Waals surface area (Å²) >= 11 is 0. The first-order valence-corrected chi connectivity index (χ1v) is 21.5. The molecule has 0 spiro atoms. The van der Waals surface area contributed by atoms with Crippen LogP contribution in [0.3, 0.4) is 0 Å².